The van der Waals surface area contributed by atoms with Crippen molar-refractivity contribution in [1.82, 2.24) is 5.32 Å². The summed E-state index contributed by atoms with van der Waals surface area (Å²) >= 11 is 0. The zero-order valence-electron chi connectivity index (χ0n) is 18.1. The maximum Gasteiger partial charge on any atom is 0.323 e. The maximum absolute atomic E-state index is 12.3. The molecule has 1 aliphatic rings. The van der Waals surface area contributed by atoms with E-state index in [0.29, 0.717) is 17.5 Å². The number of urea groups is 1. The first-order valence-corrected chi connectivity index (χ1v) is 10.9. The van der Waals surface area contributed by atoms with E-state index in [2.05, 4.69) is 16.0 Å². The number of anilines is 2. The molecule has 1 heterocycles. The van der Waals surface area contributed by atoms with Crippen LogP contribution in [-0.2, 0) is 6.42 Å². The highest BCUT2D eigenvalue weighted by Crippen LogP contribution is 2.27. The van der Waals surface area contributed by atoms with Gasteiger partial charge in [-0.3, -0.25) is 0 Å². The lowest BCUT2D eigenvalue weighted by atomic mass is 10.0. The number of benzene rings is 3. The molecule has 1 fully saturated rings. The lowest BCUT2D eigenvalue weighted by Crippen LogP contribution is -2.35. The van der Waals surface area contributed by atoms with Gasteiger partial charge >= 0.3 is 6.03 Å². The van der Waals surface area contributed by atoms with Gasteiger partial charge in [0.25, 0.3) is 0 Å². The quantitative estimate of drug-likeness (QED) is 0.436. The van der Waals surface area contributed by atoms with Crippen LogP contribution in [0.1, 0.15) is 30.1 Å². The molecule has 0 aromatic heterocycles. The molecule has 6 nitrogen and oxygen atoms in total. The highest BCUT2D eigenvalue weighted by molar-refractivity contribution is 5.99. The zero-order chi connectivity index (χ0) is 22.3. The van der Waals surface area contributed by atoms with Crippen LogP contribution >= 0.6 is 0 Å². The number of methoxy groups -OCH3 is 1. The first-order valence-electron chi connectivity index (χ1n) is 10.9. The molecule has 0 spiro atoms. The van der Waals surface area contributed by atoms with Crippen LogP contribution in [0.3, 0.4) is 0 Å². The summed E-state index contributed by atoms with van der Waals surface area (Å²) in [6.07, 6.45) is 2.37. The Labute approximate surface area is 188 Å². The van der Waals surface area contributed by atoms with Gasteiger partial charge in [0.1, 0.15) is 5.75 Å². The molecule has 0 unspecified atom stereocenters. The van der Waals surface area contributed by atoms with Crippen LogP contribution in [-0.4, -0.2) is 30.3 Å². The van der Waals surface area contributed by atoms with Crippen molar-refractivity contribution in [3.8, 4) is 5.75 Å². The van der Waals surface area contributed by atoms with Gasteiger partial charge in [-0.05, 0) is 54.7 Å². The number of hydrogen-bond donors (Lipinski definition) is 4. The Bertz CT molecular complexity index is 1020. The van der Waals surface area contributed by atoms with Gasteiger partial charge in [0.2, 0.25) is 0 Å². The third kappa shape index (κ3) is 5.66. The van der Waals surface area contributed by atoms with E-state index in [-0.39, 0.29) is 12.1 Å². The molecule has 4 rings (SSSR count). The molecule has 1 saturated heterocycles. The summed E-state index contributed by atoms with van der Waals surface area (Å²) in [7, 11) is 1.59. The molecule has 0 bridgehead atoms. The van der Waals surface area contributed by atoms with Gasteiger partial charge in [-0.1, -0.05) is 48.5 Å². The second-order valence-corrected chi connectivity index (χ2v) is 8.12. The second-order valence-electron chi connectivity index (χ2n) is 8.12. The summed E-state index contributed by atoms with van der Waals surface area (Å²) < 4.78 is 5.17. The molecule has 0 saturated carbocycles. The molecule has 0 aliphatic carbocycles. The van der Waals surface area contributed by atoms with Crippen molar-refractivity contribution in [2.75, 3.05) is 17.7 Å². The van der Waals surface area contributed by atoms with Crippen molar-refractivity contribution in [3.63, 3.8) is 0 Å². The molecule has 1 aliphatic heterocycles. The number of aliphatic hydroxyl groups is 1. The predicted octanol–water partition coefficient (Wildman–Crippen LogP) is 4.74. The third-order valence-electron chi connectivity index (χ3n) is 5.82. The second kappa shape index (κ2) is 10.3. The van der Waals surface area contributed by atoms with Gasteiger partial charge in [0.05, 0.1) is 13.2 Å². The highest BCUT2D eigenvalue weighted by atomic mass is 16.5. The largest absolute Gasteiger partial charge is 0.497 e. The maximum atomic E-state index is 12.3. The van der Waals surface area contributed by atoms with E-state index in [9.17, 15) is 9.90 Å². The Kier molecular flexibility index (Phi) is 7.04. The average Bonchev–Trinajstić information content (AvgIpc) is 3.29. The number of nitrogens with one attached hydrogen (secondary N) is 3. The molecule has 3 atom stereocenters. The van der Waals surface area contributed by atoms with Gasteiger partial charge in [-0.2, -0.15) is 0 Å². The fourth-order valence-electron chi connectivity index (χ4n) is 4.15. The molecule has 3 aromatic rings. The topological polar surface area (TPSA) is 82.6 Å². The number of hydrogen-bond acceptors (Lipinski definition) is 4. The smallest absolute Gasteiger partial charge is 0.323 e. The number of carbonyl (C=O) groups is 1. The fraction of sp³-hybridized carbons (Fsp3) is 0.269. The van der Waals surface area contributed by atoms with E-state index in [1.165, 1.54) is 5.56 Å². The lowest BCUT2D eigenvalue weighted by Gasteiger charge is -2.20. The standard InChI is InChI=1S/C26H29N3O3/c1-32-23-9-5-8-21(17-23)29-26(31)28-20-12-10-18(11-13-20)16-22-14-15-24(27-22)25(30)19-6-3-2-4-7-19/h2-13,17,22,24-25,27,30H,14-16H2,1H3,(H2,28,29,31)/t22-,24+,25+/m0/s1. The normalized spacial score (nSPS) is 18.7. The van der Waals surface area contributed by atoms with Gasteiger partial charge < -0.3 is 25.8 Å². The molecule has 6 heteroatoms. The minimum absolute atomic E-state index is 0.0728. The van der Waals surface area contributed by atoms with Gasteiger partial charge in [0, 0.05) is 29.5 Å². The predicted molar refractivity (Wildman–Crippen MR) is 127 cm³/mol. The molecule has 2 amide bonds. The van der Waals surface area contributed by atoms with Crippen LogP contribution in [0.2, 0.25) is 0 Å². The van der Waals surface area contributed by atoms with E-state index >= 15 is 0 Å². The minimum Gasteiger partial charge on any atom is -0.497 e. The van der Waals surface area contributed by atoms with Crippen LogP contribution < -0.4 is 20.7 Å². The number of ether oxygens (including phenoxy) is 1. The summed E-state index contributed by atoms with van der Waals surface area (Å²) in [4.78, 5) is 12.3. The minimum atomic E-state index is -0.490. The molecule has 32 heavy (non-hydrogen) atoms. The molecule has 166 valence electrons. The Morgan fingerprint density at radius 2 is 1.75 bits per heavy atom. The summed E-state index contributed by atoms with van der Waals surface area (Å²) in [6, 6.07) is 25.0. The van der Waals surface area contributed by atoms with Gasteiger partial charge in [-0.15, -0.1) is 0 Å². The Balaban J connectivity index is 1.27. The van der Waals surface area contributed by atoms with E-state index < -0.39 is 6.10 Å². The van der Waals surface area contributed by atoms with Crippen molar-refractivity contribution in [3.05, 3.63) is 90.0 Å². The molecule has 3 aromatic carbocycles. The van der Waals surface area contributed by atoms with Gasteiger partial charge in [-0.25, -0.2) is 4.79 Å². The average molecular weight is 432 g/mol. The van der Waals surface area contributed by atoms with Crippen molar-refractivity contribution in [2.45, 2.75) is 37.5 Å². The molecular formula is C26H29N3O3. The number of amides is 2. The third-order valence-corrected chi connectivity index (χ3v) is 5.82. The summed E-state index contributed by atoms with van der Waals surface area (Å²) in [6.45, 7) is 0. The summed E-state index contributed by atoms with van der Waals surface area (Å²) in [5, 5.41) is 19.9. The molecule has 0 radical (unpaired) electrons. The SMILES string of the molecule is COc1cccc(NC(=O)Nc2ccc(C[C@@H]3CC[C@H]([C@H](O)c4ccccc4)N3)cc2)c1. The van der Waals surface area contributed by atoms with E-state index in [0.717, 1.165) is 30.5 Å². The lowest BCUT2D eigenvalue weighted by molar-refractivity contribution is 0.135. The van der Waals surface area contributed by atoms with E-state index in [1.54, 1.807) is 13.2 Å². The summed E-state index contributed by atoms with van der Waals surface area (Å²) in [5.74, 6) is 0.686. The first kappa shape index (κ1) is 21.9. The van der Waals surface area contributed by atoms with Crippen LogP contribution in [0.5, 0.6) is 5.75 Å². The van der Waals surface area contributed by atoms with Crippen molar-refractivity contribution < 1.29 is 14.6 Å². The number of carbonyl (C=O) groups excluding carboxylic acids is 1. The first-order chi connectivity index (χ1) is 15.6. The highest BCUT2D eigenvalue weighted by Gasteiger charge is 2.29. The fourth-order valence-corrected chi connectivity index (χ4v) is 4.15. The van der Waals surface area contributed by atoms with E-state index in [4.69, 9.17) is 4.74 Å². The van der Waals surface area contributed by atoms with Crippen molar-refractivity contribution in [2.24, 2.45) is 0 Å². The van der Waals surface area contributed by atoms with Gasteiger partial charge in [0.15, 0.2) is 0 Å². The van der Waals surface area contributed by atoms with E-state index in [1.807, 2.05) is 72.8 Å². The Morgan fingerprint density at radius 1 is 1.00 bits per heavy atom. The Morgan fingerprint density at radius 3 is 2.50 bits per heavy atom. The van der Waals surface area contributed by atoms with Crippen LogP contribution in [0, 0.1) is 0 Å². The summed E-state index contributed by atoms with van der Waals surface area (Å²) in [5.41, 5.74) is 3.54. The number of aliphatic hydroxyl groups excluding tert-OH is 1. The van der Waals surface area contributed by atoms with Crippen LogP contribution in [0.25, 0.3) is 0 Å². The number of rotatable bonds is 7. The monoisotopic (exact) mass is 431 g/mol. The van der Waals surface area contributed by atoms with Crippen molar-refractivity contribution >= 4 is 17.4 Å². The Hall–Kier alpha value is -3.35. The molecular weight excluding hydrogens is 402 g/mol. The molecule has 4 N–H and O–H groups in total. The van der Waals surface area contributed by atoms with Crippen molar-refractivity contribution in [1.29, 1.82) is 0 Å². The van der Waals surface area contributed by atoms with Crippen LogP contribution in [0.4, 0.5) is 16.2 Å². The zero-order valence-corrected chi connectivity index (χ0v) is 18.1. The van der Waals surface area contributed by atoms with Crippen LogP contribution in [0.15, 0.2) is 78.9 Å².